The number of esters is 1. The maximum Gasteiger partial charge on any atom is 0.408 e. The van der Waals surface area contributed by atoms with Gasteiger partial charge in [0.05, 0.1) is 12.6 Å². The van der Waals surface area contributed by atoms with Gasteiger partial charge in [0.1, 0.15) is 13.4 Å². The van der Waals surface area contributed by atoms with Crippen molar-refractivity contribution in [2.45, 2.75) is 52.7 Å². The van der Waals surface area contributed by atoms with Crippen molar-refractivity contribution in [1.82, 2.24) is 5.32 Å². The lowest BCUT2D eigenvalue weighted by Crippen LogP contribution is -2.39. The zero-order valence-electron chi connectivity index (χ0n) is 16.0. The van der Waals surface area contributed by atoms with Crippen molar-refractivity contribution in [2.24, 2.45) is 0 Å². The summed E-state index contributed by atoms with van der Waals surface area (Å²) in [6, 6.07) is 7.67. The van der Waals surface area contributed by atoms with Crippen LogP contribution in [0.4, 0.5) is 4.79 Å². The number of rotatable bonds is 6. The van der Waals surface area contributed by atoms with E-state index >= 15 is 0 Å². The molecular formula is C19H28BNO4. The van der Waals surface area contributed by atoms with Gasteiger partial charge in [-0.2, -0.15) is 0 Å². The Kier molecular flexibility index (Phi) is 7.74. The monoisotopic (exact) mass is 345 g/mol. The fraction of sp³-hybridized carbons (Fsp3) is 0.474. The van der Waals surface area contributed by atoms with Crippen molar-refractivity contribution in [3.63, 3.8) is 0 Å². The molecule has 0 aliphatic heterocycles. The molecule has 1 amide bonds. The number of alkyl carbamates (subject to hydrolysis) is 1. The quantitative estimate of drug-likeness (QED) is 0.486. The third kappa shape index (κ3) is 8.43. The lowest BCUT2D eigenvalue weighted by molar-refractivity contribution is -0.138. The number of nitrogens with one attached hydrogen (secondary N) is 1. The minimum absolute atomic E-state index is 0.312. The minimum atomic E-state index is -0.585. The Morgan fingerprint density at radius 1 is 1.24 bits per heavy atom. The van der Waals surface area contributed by atoms with Gasteiger partial charge in [-0.05, 0) is 46.6 Å². The number of carbonyl (C=O) groups is 2. The van der Waals surface area contributed by atoms with Gasteiger partial charge >= 0.3 is 12.1 Å². The van der Waals surface area contributed by atoms with Crippen LogP contribution in [0, 0.1) is 0 Å². The topological polar surface area (TPSA) is 64.6 Å². The van der Waals surface area contributed by atoms with Crippen molar-refractivity contribution in [3.05, 3.63) is 41.5 Å². The Morgan fingerprint density at radius 2 is 1.84 bits per heavy atom. The zero-order chi connectivity index (χ0) is 19.0. The largest absolute Gasteiger partial charge is 0.463 e. The van der Waals surface area contributed by atoms with Gasteiger partial charge in [-0.25, -0.2) is 9.59 Å². The van der Waals surface area contributed by atoms with Crippen molar-refractivity contribution in [3.8, 4) is 0 Å². The molecule has 0 fully saturated rings. The van der Waals surface area contributed by atoms with Crippen LogP contribution >= 0.6 is 0 Å². The van der Waals surface area contributed by atoms with E-state index in [1.54, 1.807) is 40.7 Å². The molecule has 0 spiro atoms. The van der Waals surface area contributed by atoms with Crippen LogP contribution in [0.1, 0.15) is 40.2 Å². The van der Waals surface area contributed by atoms with E-state index in [-0.39, 0.29) is 12.0 Å². The minimum Gasteiger partial charge on any atom is -0.463 e. The number of benzene rings is 1. The Balaban J connectivity index is 2.92. The standard InChI is InChI=1S/C19H28BNO4/c1-6-24-17(22)13(2)11-16(21-18(23)25-19(3,4)5)12-14-7-9-15(20)10-8-14/h7-11,16H,6,12,20H2,1-5H3,(H,21,23)/b13-11+/t16-/m0/s1. The van der Waals surface area contributed by atoms with Crippen LogP contribution in [0.3, 0.4) is 0 Å². The number of amides is 1. The molecule has 0 aliphatic rings. The van der Waals surface area contributed by atoms with Crippen LogP contribution in [0.5, 0.6) is 0 Å². The molecule has 0 heterocycles. The molecule has 0 bridgehead atoms. The Bertz CT molecular complexity index is 617. The molecule has 1 aromatic rings. The molecule has 136 valence electrons. The average molecular weight is 345 g/mol. The van der Waals surface area contributed by atoms with Crippen molar-refractivity contribution >= 4 is 25.4 Å². The van der Waals surface area contributed by atoms with Gasteiger partial charge in [0.15, 0.2) is 0 Å². The van der Waals surface area contributed by atoms with Gasteiger partial charge in [-0.3, -0.25) is 0 Å². The molecule has 1 N–H and O–H groups in total. The lowest BCUT2D eigenvalue weighted by atomic mass is 9.93. The molecule has 0 radical (unpaired) electrons. The smallest absolute Gasteiger partial charge is 0.408 e. The Labute approximate surface area is 151 Å². The van der Waals surface area contributed by atoms with Gasteiger partial charge in [0.25, 0.3) is 0 Å². The maximum absolute atomic E-state index is 12.1. The molecule has 0 aromatic heterocycles. The van der Waals surface area contributed by atoms with Crippen LogP contribution < -0.4 is 10.8 Å². The Morgan fingerprint density at radius 3 is 2.36 bits per heavy atom. The van der Waals surface area contributed by atoms with E-state index in [1.165, 1.54) is 5.46 Å². The number of hydrogen-bond donors (Lipinski definition) is 1. The number of carbonyl (C=O) groups excluding carboxylic acids is 2. The van der Waals surface area contributed by atoms with Gasteiger partial charge in [-0.15, -0.1) is 0 Å². The highest BCUT2D eigenvalue weighted by Crippen LogP contribution is 2.10. The van der Waals surface area contributed by atoms with E-state index in [2.05, 4.69) is 5.32 Å². The first-order valence-corrected chi connectivity index (χ1v) is 8.51. The maximum atomic E-state index is 12.1. The highest BCUT2D eigenvalue weighted by molar-refractivity contribution is 6.32. The molecule has 6 heteroatoms. The van der Waals surface area contributed by atoms with Gasteiger partial charge in [0.2, 0.25) is 0 Å². The van der Waals surface area contributed by atoms with Crippen LogP contribution in [-0.2, 0) is 20.7 Å². The second kappa shape index (κ2) is 9.30. The number of ether oxygens (including phenoxy) is 2. The molecule has 0 saturated carbocycles. The third-order valence-corrected chi connectivity index (χ3v) is 3.33. The molecule has 1 aromatic carbocycles. The Hall–Kier alpha value is -2.24. The molecular weight excluding hydrogens is 317 g/mol. The van der Waals surface area contributed by atoms with E-state index in [4.69, 9.17) is 9.47 Å². The predicted octanol–water partition coefficient (Wildman–Crippen LogP) is 1.89. The molecule has 1 rings (SSSR count). The average Bonchev–Trinajstić information content (AvgIpc) is 2.47. The van der Waals surface area contributed by atoms with Gasteiger partial charge < -0.3 is 14.8 Å². The lowest BCUT2D eigenvalue weighted by Gasteiger charge is -2.22. The first-order valence-electron chi connectivity index (χ1n) is 8.51. The summed E-state index contributed by atoms with van der Waals surface area (Å²) in [5, 5.41) is 2.82. The molecule has 0 aliphatic carbocycles. The summed E-state index contributed by atoms with van der Waals surface area (Å²) in [5.74, 6) is -0.387. The van der Waals surface area contributed by atoms with Crippen LogP contribution in [0.2, 0.25) is 0 Å². The summed E-state index contributed by atoms with van der Waals surface area (Å²) in [7, 11) is 2.02. The highest BCUT2D eigenvalue weighted by Gasteiger charge is 2.20. The van der Waals surface area contributed by atoms with Crippen LogP contribution in [-0.4, -0.2) is 38.2 Å². The van der Waals surface area contributed by atoms with E-state index in [9.17, 15) is 9.59 Å². The van der Waals surface area contributed by atoms with Crippen LogP contribution in [0.15, 0.2) is 35.9 Å². The van der Waals surface area contributed by atoms with E-state index < -0.39 is 11.7 Å². The van der Waals surface area contributed by atoms with Gasteiger partial charge in [0, 0.05) is 5.57 Å². The first-order chi connectivity index (χ1) is 11.6. The second-order valence-corrected chi connectivity index (χ2v) is 7.01. The van der Waals surface area contributed by atoms with Gasteiger partial charge in [-0.1, -0.05) is 35.8 Å². The molecule has 0 saturated heterocycles. The zero-order valence-corrected chi connectivity index (χ0v) is 16.0. The third-order valence-electron chi connectivity index (χ3n) is 3.33. The normalized spacial score (nSPS) is 13.1. The molecule has 1 atom stereocenters. The summed E-state index contributed by atoms with van der Waals surface area (Å²) >= 11 is 0. The molecule has 25 heavy (non-hydrogen) atoms. The van der Waals surface area contributed by atoms with Crippen molar-refractivity contribution in [1.29, 1.82) is 0 Å². The van der Waals surface area contributed by atoms with E-state index in [0.717, 1.165) is 5.56 Å². The van der Waals surface area contributed by atoms with E-state index in [0.29, 0.717) is 18.6 Å². The SMILES string of the molecule is Bc1ccc(C[C@H](/C=C(\C)C(=O)OCC)NC(=O)OC(C)(C)C)cc1. The summed E-state index contributed by atoms with van der Waals surface area (Å²) in [5.41, 5.74) is 2.09. The predicted molar refractivity (Wildman–Crippen MR) is 102 cm³/mol. The summed E-state index contributed by atoms with van der Waals surface area (Å²) in [4.78, 5) is 24.0. The summed E-state index contributed by atoms with van der Waals surface area (Å²) in [6.07, 6.45) is 1.75. The van der Waals surface area contributed by atoms with E-state index in [1.807, 2.05) is 32.1 Å². The molecule has 5 nitrogen and oxygen atoms in total. The summed E-state index contributed by atoms with van der Waals surface area (Å²) in [6.45, 7) is 9.17. The second-order valence-electron chi connectivity index (χ2n) is 7.01. The highest BCUT2D eigenvalue weighted by atomic mass is 16.6. The van der Waals surface area contributed by atoms with Crippen LogP contribution in [0.25, 0.3) is 0 Å². The van der Waals surface area contributed by atoms with Crippen molar-refractivity contribution < 1.29 is 19.1 Å². The fourth-order valence-corrected chi connectivity index (χ4v) is 2.20. The first kappa shape index (κ1) is 20.8. The van der Waals surface area contributed by atoms with Crippen molar-refractivity contribution in [2.75, 3.05) is 6.61 Å². The number of hydrogen-bond acceptors (Lipinski definition) is 4. The fourth-order valence-electron chi connectivity index (χ4n) is 2.20. The molecule has 0 unspecified atom stereocenters. The summed E-state index contributed by atoms with van der Waals surface area (Å²) < 4.78 is 10.3.